The van der Waals surface area contributed by atoms with E-state index in [1.54, 1.807) is 25.1 Å². The van der Waals surface area contributed by atoms with Gasteiger partial charge in [-0.15, -0.1) is 6.58 Å². The van der Waals surface area contributed by atoms with Crippen molar-refractivity contribution in [3.63, 3.8) is 0 Å². The number of rotatable bonds is 7. The number of amides is 2. The highest BCUT2D eigenvalue weighted by molar-refractivity contribution is 8.18. The fourth-order valence-electron chi connectivity index (χ4n) is 2.27. The van der Waals surface area contributed by atoms with Crippen molar-refractivity contribution in [2.75, 3.05) is 13.2 Å². The van der Waals surface area contributed by atoms with E-state index in [0.29, 0.717) is 40.8 Å². The second kappa shape index (κ2) is 7.89. The molecule has 1 aliphatic heterocycles. The molecule has 1 heterocycles. The van der Waals surface area contributed by atoms with Crippen LogP contribution in [0.1, 0.15) is 18.1 Å². The van der Waals surface area contributed by atoms with Crippen LogP contribution in [0.4, 0.5) is 4.79 Å². The number of benzene rings is 1. The quantitative estimate of drug-likeness (QED) is 0.567. The molecule has 1 saturated heterocycles. The van der Waals surface area contributed by atoms with Gasteiger partial charge in [-0.3, -0.25) is 19.3 Å². The SMILES string of the molecule is C=CCc1cc(/C=C2/SC(=O)N(CC(=O)O)C2=O)cc(OCC)c1O. The zero-order chi connectivity index (χ0) is 18.6. The molecule has 2 N–H and O–H groups in total. The maximum Gasteiger partial charge on any atom is 0.323 e. The first kappa shape index (κ1) is 18.6. The monoisotopic (exact) mass is 363 g/mol. The summed E-state index contributed by atoms with van der Waals surface area (Å²) in [6.45, 7) is 5.08. The zero-order valence-corrected chi connectivity index (χ0v) is 14.3. The van der Waals surface area contributed by atoms with Crippen molar-refractivity contribution in [2.24, 2.45) is 0 Å². The molecule has 0 saturated carbocycles. The minimum absolute atomic E-state index is 0.00196. The van der Waals surface area contributed by atoms with Crippen LogP contribution >= 0.6 is 11.8 Å². The zero-order valence-electron chi connectivity index (χ0n) is 13.5. The van der Waals surface area contributed by atoms with Gasteiger partial charge in [0.05, 0.1) is 11.5 Å². The molecule has 1 aromatic rings. The topological polar surface area (TPSA) is 104 Å². The van der Waals surface area contributed by atoms with E-state index >= 15 is 0 Å². The number of thioether (sulfide) groups is 1. The number of carbonyl (C=O) groups is 3. The first-order valence-electron chi connectivity index (χ1n) is 7.44. The average Bonchev–Trinajstić information content (AvgIpc) is 2.79. The fraction of sp³-hybridized carbons (Fsp3) is 0.235. The number of hydrogen-bond donors (Lipinski definition) is 2. The minimum atomic E-state index is -1.26. The van der Waals surface area contributed by atoms with Crippen molar-refractivity contribution < 1.29 is 29.3 Å². The minimum Gasteiger partial charge on any atom is -0.504 e. The summed E-state index contributed by atoms with van der Waals surface area (Å²) in [5, 5.41) is 18.3. The molecule has 0 radical (unpaired) electrons. The molecule has 0 bridgehead atoms. The van der Waals surface area contributed by atoms with Gasteiger partial charge in [0.1, 0.15) is 6.54 Å². The number of aromatic hydroxyl groups is 1. The Morgan fingerprint density at radius 1 is 1.40 bits per heavy atom. The van der Waals surface area contributed by atoms with Gasteiger partial charge in [0.15, 0.2) is 11.5 Å². The standard InChI is InChI=1S/C17H17NO6S/c1-3-5-11-6-10(7-12(15(11)21)24-4-2)8-13-16(22)18(9-14(19)20)17(23)25-13/h3,6-8,21H,1,4-5,9H2,2H3,(H,19,20)/b13-8+. The number of phenols is 1. The summed E-state index contributed by atoms with van der Waals surface area (Å²) >= 11 is 0.673. The van der Waals surface area contributed by atoms with E-state index in [1.807, 2.05) is 0 Å². The third-order valence-electron chi connectivity index (χ3n) is 3.31. The molecule has 2 amide bonds. The van der Waals surface area contributed by atoms with Crippen LogP contribution in [0.5, 0.6) is 11.5 Å². The molecule has 1 fully saturated rings. The van der Waals surface area contributed by atoms with E-state index in [2.05, 4.69) is 6.58 Å². The van der Waals surface area contributed by atoms with E-state index in [1.165, 1.54) is 6.08 Å². The Labute approximate surface area is 148 Å². The van der Waals surface area contributed by atoms with E-state index in [9.17, 15) is 19.5 Å². The third kappa shape index (κ3) is 4.21. The molecule has 0 spiro atoms. The summed E-state index contributed by atoms with van der Waals surface area (Å²) in [4.78, 5) is 35.5. The van der Waals surface area contributed by atoms with Crippen LogP contribution in [0.3, 0.4) is 0 Å². The highest BCUT2D eigenvalue weighted by atomic mass is 32.2. The predicted molar refractivity (Wildman–Crippen MR) is 93.5 cm³/mol. The Morgan fingerprint density at radius 3 is 2.72 bits per heavy atom. The highest BCUT2D eigenvalue weighted by Gasteiger charge is 2.36. The van der Waals surface area contributed by atoms with E-state index < -0.39 is 23.7 Å². The molecule has 0 atom stereocenters. The average molecular weight is 363 g/mol. The first-order chi connectivity index (χ1) is 11.9. The summed E-state index contributed by atoms with van der Waals surface area (Å²) in [6, 6.07) is 3.21. The molecule has 0 aliphatic carbocycles. The molecule has 25 heavy (non-hydrogen) atoms. The van der Waals surface area contributed by atoms with Crippen molar-refractivity contribution >= 4 is 35.0 Å². The number of hydrogen-bond acceptors (Lipinski definition) is 6. The number of carboxylic acids is 1. The van der Waals surface area contributed by atoms with E-state index in [-0.39, 0.29) is 16.4 Å². The Balaban J connectivity index is 2.39. The second-order valence-electron chi connectivity index (χ2n) is 5.11. The highest BCUT2D eigenvalue weighted by Crippen LogP contribution is 2.36. The van der Waals surface area contributed by atoms with Gasteiger partial charge in [0.25, 0.3) is 11.1 Å². The van der Waals surface area contributed by atoms with Crippen LogP contribution in [-0.2, 0) is 16.0 Å². The number of aliphatic carboxylic acids is 1. The molecule has 7 nitrogen and oxygen atoms in total. The number of allylic oxidation sites excluding steroid dienone is 1. The van der Waals surface area contributed by atoms with Crippen LogP contribution in [0.15, 0.2) is 29.7 Å². The van der Waals surface area contributed by atoms with Crippen molar-refractivity contribution in [3.8, 4) is 11.5 Å². The second-order valence-corrected chi connectivity index (χ2v) is 6.11. The summed E-state index contributed by atoms with van der Waals surface area (Å²) in [7, 11) is 0. The lowest BCUT2D eigenvalue weighted by molar-refractivity contribution is -0.140. The van der Waals surface area contributed by atoms with Crippen molar-refractivity contribution in [2.45, 2.75) is 13.3 Å². The van der Waals surface area contributed by atoms with Crippen LogP contribution < -0.4 is 4.74 Å². The molecule has 1 aromatic carbocycles. The fourth-order valence-corrected chi connectivity index (χ4v) is 3.11. The first-order valence-corrected chi connectivity index (χ1v) is 8.25. The van der Waals surface area contributed by atoms with Crippen molar-refractivity contribution in [1.29, 1.82) is 0 Å². The van der Waals surface area contributed by atoms with Crippen molar-refractivity contribution in [3.05, 3.63) is 40.8 Å². The maximum atomic E-state index is 12.2. The smallest absolute Gasteiger partial charge is 0.323 e. The number of imide groups is 1. The van der Waals surface area contributed by atoms with E-state index in [0.717, 1.165) is 0 Å². The number of phenolic OH excluding ortho intramolecular Hbond substituents is 1. The molecule has 0 aromatic heterocycles. The van der Waals surface area contributed by atoms with Gasteiger partial charge >= 0.3 is 5.97 Å². The summed E-state index contributed by atoms with van der Waals surface area (Å²) in [5.74, 6) is -1.66. The van der Waals surface area contributed by atoms with Gasteiger partial charge in [-0.2, -0.15) is 0 Å². The normalized spacial score (nSPS) is 15.7. The van der Waals surface area contributed by atoms with E-state index in [4.69, 9.17) is 9.84 Å². The lowest BCUT2D eigenvalue weighted by Crippen LogP contribution is -2.33. The van der Waals surface area contributed by atoms with Gasteiger partial charge in [-0.25, -0.2) is 0 Å². The maximum absolute atomic E-state index is 12.2. The van der Waals surface area contributed by atoms with Crippen LogP contribution in [0.2, 0.25) is 0 Å². The molecule has 0 unspecified atom stereocenters. The van der Waals surface area contributed by atoms with Gasteiger partial charge < -0.3 is 14.9 Å². The molecule has 1 aliphatic rings. The lowest BCUT2D eigenvalue weighted by Gasteiger charge is -2.11. The Morgan fingerprint density at radius 2 is 2.12 bits per heavy atom. The number of carboxylic acid groups (broad SMARTS) is 1. The lowest BCUT2D eigenvalue weighted by atomic mass is 10.1. The predicted octanol–water partition coefficient (Wildman–Crippen LogP) is 2.64. The Kier molecular flexibility index (Phi) is 5.87. The summed E-state index contributed by atoms with van der Waals surface area (Å²) in [5.41, 5.74) is 1.12. The largest absolute Gasteiger partial charge is 0.504 e. The van der Waals surface area contributed by atoms with Crippen LogP contribution in [0.25, 0.3) is 6.08 Å². The van der Waals surface area contributed by atoms with Crippen molar-refractivity contribution in [1.82, 2.24) is 4.90 Å². The van der Waals surface area contributed by atoms with Gasteiger partial charge in [0, 0.05) is 5.56 Å². The van der Waals surface area contributed by atoms with Crippen LogP contribution in [-0.4, -0.2) is 45.4 Å². The molecule has 132 valence electrons. The summed E-state index contributed by atoms with van der Waals surface area (Å²) < 4.78 is 5.39. The molecular weight excluding hydrogens is 346 g/mol. The number of carbonyl (C=O) groups excluding carboxylic acids is 2. The molecule has 2 rings (SSSR count). The summed E-state index contributed by atoms with van der Waals surface area (Å²) in [6.07, 6.45) is 3.49. The third-order valence-corrected chi connectivity index (χ3v) is 4.21. The van der Waals surface area contributed by atoms with Gasteiger partial charge in [-0.05, 0) is 48.9 Å². The number of ether oxygens (including phenoxy) is 1. The molecule has 8 heteroatoms. The number of nitrogens with zero attached hydrogens (tertiary/aromatic N) is 1. The van der Waals surface area contributed by atoms with Gasteiger partial charge in [-0.1, -0.05) is 6.08 Å². The molecular formula is C17H17NO6S. The van der Waals surface area contributed by atoms with Gasteiger partial charge in [0.2, 0.25) is 0 Å². The Hall–Kier alpha value is -2.74. The van der Waals surface area contributed by atoms with Crippen LogP contribution in [0, 0.1) is 0 Å². The Bertz CT molecular complexity index is 771.